The molecule has 0 aromatic heterocycles. The second-order valence-corrected chi connectivity index (χ2v) is 10.2. The Morgan fingerprint density at radius 1 is 0.909 bits per heavy atom. The van der Waals surface area contributed by atoms with E-state index < -0.39 is 15.9 Å². The van der Waals surface area contributed by atoms with Crippen LogP contribution >= 0.6 is 11.6 Å². The van der Waals surface area contributed by atoms with Crippen molar-refractivity contribution in [2.75, 3.05) is 34.2 Å². The average Bonchev–Trinajstić information content (AvgIpc) is 2.84. The smallest absolute Gasteiger partial charge is 0.264 e. The number of amides is 1. The number of sulfonamides is 1. The monoisotopic (exact) mass is 483 g/mol. The summed E-state index contributed by atoms with van der Waals surface area (Å²) >= 11 is 6.10. The Bertz CT molecular complexity index is 1200. The predicted octanol–water partition coefficient (Wildman–Crippen LogP) is 5.16. The average molecular weight is 484 g/mol. The maximum Gasteiger partial charge on any atom is 0.264 e. The molecule has 0 saturated carbocycles. The summed E-state index contributed by atoms with van der Waals surface area (Å²) in [6, 6.07) is 22.2. The molecule has 1 aliphatic heterocycles. The summed E-state index contributed by atoms with van der Waals surface area (Å²) in [6.45, 7) is 1.70. The summed E-state index contributed by atoms with van der Waals surface area (Å²) in [6.07, 6.45) is 3.64. The number of piperidine rings is 1. The zero-order chi connectivity index (χ0) is 23.3. The lowest BCUT2D eigenvalue weighted by molar-refractivity contribution is -0.114. The third kappa shape index (κ3) is 5.67. The zero-order valence-electron chi connectivity index (χ0n) is 18.2. The standard InChI is InChI=1S/C25H26ClN3O3S/c26-20-8-7-9-23(18-20)29(33(31,32)24-10-3-1-4-11-24)19-25(30)27-21-12-14-22(15-13-21)28-16-5-2-6-17-28/h1,3-4,7-15,18H,2,5-6,16-17,19H2,(H,27,30). The van der Waals surface area contributed by atoms with Crippen LogP contribution in [0.5, 0.6) is 0 Å². The van der Waals surface area contributed by atoms with Gasteiger partial charge in [-0.15, -0.1) is 0 Å². The van der Waals surface area contributed by atoms with Crippen LogP contribution < -0.4 is 14.5 Å². The lowest BCUT2D eigenvalue weighted by Gasteiger charge is -2.29. The van der Waals surface area contributed by atoms with Crippen LogP contribution in [0.15, 0.2) is 83.8 Å². The molecule has 1 aliphatic rings. The van der Waals surface area contributed by atoms with E-state index in [2.05, 4.69) is 10.2 Å². The first-order valence-corrected chi connectivity index (χ1v) is 12.7. The van der Waals surface area contributed by atoms with Crippen LogP contribution in [0.1, 0.15) is 19.3 Å². The molecule has 1 amide bonds. The summed E-state index contributed by atoms with van der Waals surface area (Å²) in [5, 5.41) is 3.20. The van der Waals surface area contributed by atoms with Crippen molar-refractivity contribution < 1.29 is 13.2 Å². The lowest BCUT2D eigenvalue weighted by atomic mass is 10.1. The molecule has 172 valence electrons. The van der Waals surface area contributed by atoms with Gasteiger partial charge >= 0.3 is 0 Å². The molecule has 3 aromatic rings. The van der Waals surface area contributed by atoms with Gasteiger partial charge in [-0.25, -0.2) is 8.42 Å². The molecule has 4 rings (SSSR count). The number of halogens is 1. The Morgan fingerprint density at radius 3 is 2.27 bits per heavy atom. The van der Waals surface area contributed by atoms with E-state index in [-0.39, 0.29) is 11.4 Å². The first-order chi connectivity index (χ1) is 15.9. The number of hydrogen-bond donors (Lipinski definition) is 1. The van der Waals surface area contributed by atoms with Gasteiger partial charge in [-0.1, -0.05) is 35.9 Å². The first kappa shape index (κ1) is 23.1. The minimum atomic E-state index is -3.97. The minimum absolute atomic E-state index is 0.101. The van der Waals surface area contributed by atoms with Gasteiger partial charge in [-0.05, 0) is 73.9 Å². The molecular formula is C25H26ClN3O3S. The molecule has 0 atom stereocenters. The maximum atomic E-state index is 13.3. The summed E-state index contributed by atoms with van der Waals surface area (Å²) in [7, 11) is -3.97. The van der Waals surface area contributed by atoms with Crippen LogP contribution in [0, 0.1) is 0 Å². The summed E-state index contributed by atoms with van der Waals surface area (Å²) in [5.74, 6) is -0.444. The van der Waals surface area contributed by atoms with Gasteiger partial charge in [0.1, 0.15) is 6.54 Å². The SMILES string of the molecule is O=C(CN(c1cccc(Cl)c1)S(=O)(=O)c1ccccc1)Nc1ccc(N2CCCCC2)cc1. The third-order valence-electron chi connectivity index (χ3n) is 5.59. The molecule has 0 bridgehead atoms. The summed E-state index contributed by atoms with van der Waals surface area (Å²) < 4.78 is 27.8. The Kier molecular flexibility index (Phi) is 7.20. The predicted molar refractivity (Wildman–Crippen MR) is 134 cm³/mol. The van der Waals surface area contributed by atoms with E-state index in [9.17, 15) is 13.2 Å². The number of hydrogen-bond acceptors (Lipinski definition) is 4. The van der Waals surface area contributed by atoms with E-state index in [0.717, 1.165) is 23.1 Å². The van der Waals surface area contributed by atoms with E-state index in [1.54, 1.807) is 36.4 Å². The highest BCUT2D eigenvalue weighted by Crippen LogP contribution is 2.26. The Hall–Kier alpha value is -3.03. The number of nitrogens with one attached hydrogen (secondary N) is 1. The maximum absolute atomic E-state index is 13.3. The van der Waals surface area contributed by atoms with Gasteiger partial charge in [0.15, 0.2) is 0 Å². The van der Waals surface area contributed by atoms with Gasteiger partial charge < -0.3 is 10.2 Å². The van der Waals surface area contributed by atoms with Gasteiger partial charge in [0, 0.05) is 29.5 Å². The summed E-state index contributed by atoms with van der Waals surface area (Å²) in [4.78, 5) is 15.3. The van der Waals surface area contributed by atoms with Crippen molar-refractivity contribution in [3.63, 3.8) is 0 Å². The minimum Gasteiger partial charge on any atom is -0.372 e. The molecule has 33 heavy (non-hydrogen) atoms. The number of carbonyl (C=O) groups excluding carboxylic acids is 1. The Balaban J connectivity index is 1.53. The van der Waals surface area contributed by atoms with E-state index in [1.807, 2.05) is 24.3 Å². The van der Waals surface area contributed by atoms with Crippen LogP contribution in [0.3, 0.4) is 0 Å². The van der Waals surface area contributed by atoms with Gasteiger partial charge in [-0.3, -0.25) is 9.10 Å². The van der Waals surface area contributed by atoms with Crippen molar-refractivity contribution in [2.45, 2.75) is 24.2 Å². The molecular weight excluding hydrogens is 458 g/mol. The fraction of sp³-hybridized carbons (Fsp3) is 0.240. The van der Waals surface area contributed by atoms with E-state index in [4.69, 9.17) is 11.6 Å². The Morgan fingerprint density at radius 2 is 1.61 bits per heavy atom. The zero-order valence-corrected chi connectivity index (χ0v) is 19.7. The molecule has 6 nitrogen and oxygen atoms in total. The molecule has 0 spiro atoms. The highest BCUT2D eigenvalue weighted by Gasteiger charge is 2.27. The summed E-state index contributed by atoms with van der Waals surface area (Å²) in [5.41, 5.74) is 2.06. The molecule has 0 unspecified atom stereocenters. The van der Waals surface area contributed by atoms with Gasteiger partial charge in [-0.2, -0.15) is 0 Å². The van der Waals surface area contributed by atoms with Gasteiger partial charge in [0.05, 0.1) is 10.6 Å². The van der Waals surface area contributed by atoms with Crippen molar-refractivity contribution in [2.24, 2.45) is 0 Å². The molecule has 1 saturated heterocycles. The molecule has 0 aliphatic carbocycles. The first-order valence-electron chi connectivity index (χ1n) is 10.9. The molecule has 1 N–H and O–H groups in total. The highest BCUT2D eigenvalue weighted by atomic mass is 35.5. The van der Waals surface area contributed by atoms with E-state index >= 15 is 0 Å². The molecule has 8 heteroatoms. The number of carbonyl (C=O) groups is 1. The fourth-order valence-corrected chi connectivity index (χ4v) is 5.52. The normalized spacial score (nSPS) is 14.0. The second kappa shape index (κ2) is 10.3. The quantitative estimate of drug-likeness (QED) is 0.503. The van der Waals surface area contributed by atoms with Crippen LogP contribution in [-0.2, 0) is 14.8 Å². The van der Waals surface area contributed by atoms with Gasteiger partial charge in [0.2, 0.25) is 5.91 Å². The third-order valence-corrected chi connectivity index (χ3v) is 7.61. The van der Waals surface area contributed by atoms with E-state index in [0.29, 0.717) is 16.4 Å². The van der Waals surface area contributed by atoms with Crippen LogP contribution in [-0.4, -0.2) is 34.0 Å². The Labute approximate surface area is 199 Å². The van der Waals surface area contributed by atoms with Crippen LogP contribution in [0.4, 0.5) is 17.1 Å². The largest absolute Gasteiger partial charge is 0.372 e. The topological polar surface area (TPSA) is 69.7 Å². The van der Waals surface area contributed by atoms with Crippen molar-refractivity contribution in [1.29, 1.82) is 0 Å². The number of rotatable bonds is 7. The van der Waals surface area contributed by atoms with E-state index in [1.165, 1.54) is 37.5 Å². The number of anilines is 3. The fourth-order valence-electron chi connectivity index (χ4n) is 3.90. The molecule has 3 aromatic carbocycles. The molecule has 0 radical (unpaired) electrons. The van der Waals surface area contributed by atoms with Crippen molar-refractivity contribution in [1.82, 2.24) is 0 Å². The molecule has 1 heterocycles. The lowest BCUT2D eigenvalue weighted by Crippen LogP contribution is -2.38. The van der Waals surface area contributed by atoms with Gasteiger partial charge in [0.25, 0.3) is 10.0 Å². The number of benzene rings is 3. The highest BCUT2D eigenvalue weighted by molar-refractivity contribution is 7.92. The van der Waals surface area contributed by atoms with Crippen molar-refractivity contribution in [3.05, 3.63) is 83.9 Å². The van der Waals surface area contributed by atoms with Crippen LogP contribution in [0.25, 0.3) is 0 Å². The molecule has 1 fully saturated rings. The van der Waals surface area contributed by atoms with Crippen molar-refractivity contribution in [3.8, 4) is 0 Å². The van der Waals surface area contributed by atoms with Crippen molar-refractivity contribution >= 4 is 44.6 Å². The second-order valence-electron chi connectivity index (χ2n) is 7.95. The number of nitrogens with zero attached hydrogens (tertiary/aromatic N) is 2. The van der Waals surface area contributed by atoms with Crippen LogP contribution in [0.2, 0.25) is 5.02 Å².